The van der Waals surface area contributed by atoms with E-state index in [9.17, 15) is 0 Å². The molecule has 0 saturated carbocycles. The molecule has 18 heavy (non-hydrogen) atoms. The van der Waals surface area contributed by atoms with Gasteiger partial charge in [0.2, 0.25) is 0 Å². The lowest BCUT2D eigenvalue weighted by Crippen LogP contribution is -2.46. The summed E-state index contributed by atoms with van der Waals surface area (Å²) in [7, 11) is 3.23. The molecule has 1 aliphatic rings. The summed E-state index contributed by atoms with van der Waals surface area (Å²) in [6.07, 6.45) is 0. The van der Waals surface area contributed by atoms with Crippen molar-refractivity contribution in [1.29, 1.82) is 0 Å². The van der Waals surface area contributed by atoms with Crippen LogP contribution >= 0.6 is 0 Å². The van der Waals surface area contributed by atoms with E-state index in [1.54, 1.807) is 14.2 Å². The van der Waals surface area contributed by atoms with Crippen molar-refractivity contribution in [3.8, 4) is 11.5 Å². The van der Waals surface area contributed by atoms with E-state index < -0.39 is 5.79 Å². The van der Waals surface area contributed by atoms with Crippen LogP contribution in [0, 0.1) is 0 Å². The van der Waals surface area contributed by atoms with Gasteiger partial charge in [-0.1, -0.05) is 0 Å². The molecule has 5 nitrogen and oxygen atoms in total. The van der Waals surface area contributed by atoms with E-state index in [0.29, 0.717) is 19.0 Å². The van der Waals surface area contributed by atoms with Crippen molar-refractivity contribution in [2.24, 2.45) is 5.73 Å². The van der Waals surface area contributed by atoms with Gasteiger partial charge in [-0.05, 0) is 25.1 Å². The van der Waals surface area contributed by atoms with Crippen molar-refractivity contribution >= 4 is 0 Å². The molecule has 0 aliphatic carbocycles. The molecular formula is C13H19NO4. The van der Waals surface area contributed by atoms with Crippen LogP contribution in [0.25, 0.3) is 0 Å². The number of ether oxygens (including phenoxy) is 4. The maximum absolute atomic E-state index is 5.75. The van der Waals surface area contributed by atoms with Crippen LogP contribution < -0.4 is 15.2 Å². The van der Waals surface area contributed by atoms with Gasteiger partial charge in [0.05, 0.1) is 39.0 Å². The average molecular weight is 253 g/mol. The van der Waals surface area contributed by atoms with Gasteiger partial charge in [-0.15, -0.1) is 0 Å². The fourth-order valence-electron chi connectivity index (χ4n) is 1.95. The summed E-state index contributed by atoms with van der Waals surface area (Å²) in [4.78, 5) is 0. The standard InChI is InChI=1S/C13H19NO4/c1-13(17-7-9(14)8-18-13)11-6-10(15-2)4-5-12(11)16-3/h4-6,9H,7-8,14H2,1-3H3. The Bertz CT molecular complexity index is 413. The number of hydrogen-bond acceptors (Lipinski definition) is 5. The largest absolute Gasteiger partial charge is 0.497 e. The number of rotatable bonds is 3. The van der Waals surface area contributed by atoms with E-state index in [4.69, 9.17) is 24.7 Å². The van der Waals surface area contributed by atoms with E-state index in [1.807, 2.05) is 25.1 Å². The summed E-state index contributed by atoms with van der Waals surface area (Å²) in [6.45, 7) is 2.77. The molecule has 0 radical (unpaired) electrons. The molecular weight excluding hydrogens is 234 g/mol. The highest BCUT2D eigenvalue weighted by Crippen LogP contribution is 2.38. The Labute approximate surface area is 107 Å². The molecule has 0 spiro atoms. The maximum Gasteiger partial charge on any atom is 0.195 e. The van der Waals surface area contributed by atoms with Gasteiger partial charge < -0.3 is 24.7 Å². The van der Waals surface area contributed by atoms with Crippen LogP contribution in [0.2, 0.25) is 0 Å². The first kappa shape index (κ1) is 13.1. The third kappa shape index (κ3) is 2.43. The van der Waals surface area contributed by atoms with Gasteiger partial charge in [-0.25, -0.2) is 0 Å². The summed E-state index contributed by atoms with van der Waals surface area (Å²) in [6, 6.07) is 5.44. The highest BCUT2D eigenvalue weighted by molar-refractivity contribution is 5.43. The summed E-state index contributed by atoms with van der Waals surface area (Å²) in [5.74, 6) is 0.582. The third-order valence-electron chi connectivity index (χ3n) is 3.04. The van der Waals surface area contributed by atoms with Gasteiger partial charge in [-0.2, -0.15) is 0 Å². The molecule has 0 amide bonds. The molecule has 1 aromatic rings. The second-order valence-corrected chi connectivity index (χ2v) is 4.39. The van der Waals surface area contributed by atoms with Gasteiger partial charge in [0.1, 0.15) is 11.5 Å². The highest BCUT2D eigenvalue weighted by Gasteiger charge is 2.36. The van der Waals surface area contributed by atoms with E-state index in [0.717, 1.165) is 11.3 Å². The first-order valence-corrected chi connectivity index (χ1v) is 5.85. The molecule has 0 bridgehead atoms. The van der Waals surface area contributed by atoms with Crippen molar-refractivity contribution in [3.05, 3.63) is 23.8 Å². The molecule has 1 fully saturated rings. The van der Waals surface area contributed by atoms with Gasteiger partial charge in [0.25, 0.3) is 0 Å². The first-order chi connectivity index (χ1) is 8.59. The number of nitrogens with two attached hydrogens (primary N) is 1. The van der Waals surface area contributed by atoms with Crippen LogP contribution in [0.4, 0.5) is 0 Å². The topological polar surface area (TPSA) is 62.9 Å². The second kappa shape index (κ2) is 5.14. The van der Waals surface area contributed by atoms with E-state index in [-0.39, 0.29) is 6.04 Å². The van der Waals surface area contributed by atoms with Crippen molar-refractivity contribution in [1.82, 2.24) is 0 Å². The summed E-state index contributed by atoms with van der Waals surface area (Å²) in [5.41, 5.74) is 6.56. The van der Waals surface area contributed by atoms with Gasteiger partial charge in [0, 0.05) is 0 Å². The fourth-order valence-corrected chi connectivity index (χ4v) is 1.95. The summed E-state index contributed by atoms with van der Waals surface area (Å²) < 4.78 is 22.0. The van der Waals surface area contributed by atoms with Gasteiger partial charge >= 0.3 is 0 Å². The second-order valence-electron chi connectivity index (χ2n) is 4.39. The Morgan fingerprint density at radius 3 is 2.44 bits per heavy atom. The molecule has 1 aromatic carbocycles. The number of benzene rings is 1. The van der Waals surface area contributed by atoms with Crippen LogP contribution in [0.5, 0.6) is 11.5 Å². The molecule has 2 rings (SSSR count). The molecule has 1 saturated heterocycles. The van der Waals surface area contributed by atoms with Crippen LogP contribution in [0.1, 0.15) is 12.5 Å². The smallest absolute Gasteiger partial charge is 0.195 e. The molecule has 0 aromatic heterocycles. The van der Waals surface area contributed by atoms with Crippen molar-refractivity contribution in [3.63, 3.8) is 0 Å². The van der Waals surface area contributed by atoms with Crippen molar-refractivity contribution in [2.45, 2.75) is 18.8 Å². The molecule has 2 N–H and O–H groups in total. The average Bonchev–Trinajstić information content (AvgIpc) is 2.41. The fraction of sp³-hybridized carbons (Fsp3) is 0.538. The molecule has 0 atom stereocenters. The monoisotopic (exact) mass is 253 g/mol. The number of hydrogen-bond donors (Lipinski definition) is 1. The van der Waals surface area contributed by atoms with Crippen LogP contribution in [-0.4, -0.2) is 33.5 Å². The minimum absolute atomic E-state index is 0.0883. The molecule has 1 aliphatic heterocycles. The first-order valence-electron chi connectivity index (χ1n) is 5.85. The lowest BCUT2D eigenvalue weighted by Gasteiger charge is -2.37. The molecule has 0 unspecified atom stereocenters. The Morgan fingerprint density at radius 2 is 1.89 bits per heavy atom. The summed E-state index contributed by atoms with van der Waals surface area (Å²) >= 11 is 0. The van der Waals surface area contributed by atoms with E-state index in [1.165, 1.54) is 0 Å². The SMILES string of the molecule is COc1ccc(OC)c(C2(C)OCC(N)CO2)c1. The Morgan fingerprint density at radius 1 is 1.22 bits per heavy atom. The lowest BCUT2D eigenvalue weighted by atomic mass is 10.0. The lowest BCUT2D eigenvalue weighted by molar-refractivity contribution is -0.270. The zero-order chi connectivity index (χ0) is 13.2. The minimum atomic E-state index is -0.851. The quantitative estimate of drug-likeness (QED) is 0.878. The van der Waals surface area contributed by atoms with Crippen LogP contribution in [0.15, 0.2) is 18.2 Å². The zero-order valence-electron chi connectivity index (χ0n) is 10.9. The predicted molar refractivity (Wildman–Crippen MR) is 66.8 cm³/mol. The number of methoxy groups -OCH3 is 2. The maximum atomic E-state index is 5.75. The predicted octanol–water partition coefficient (Wildman–Crippen LogP) is 1.25. The Hall–Kier alpha value is -1.30. The Balaban J connectivity index is 2.35. The summed E-state index contributed by atoms with van der Waals surface area (Å²) in [5, 5.41) is 0. The highest BCUT2D eigenvalue weighted by atomic mass is 16.7. The third-order valence-corrected chi connectivity index (χ3v) is 3.04. The van der Waals surface area contributed by atoms with Crippen molar-refractivity contribution in [2.75, 3.05) is 27.4 Å². The van der Waals surface area contributed by atoms with Gasteiger partial charge in [0.15, 0.2) is 5.79 Å². The van der Waals surface area contributed by atoms with Crippen LogP contribution in [-0.2, 0) is 15.3 Å². The molecule has 100 valence electrons. The van der Waals surface area contributed by atoms with Crippen molar-refractivity contribution < 1.29 is 18.9 Å². The molecule has 1 heterocycles. The normalized spacial score (nSPS) is 27.9. The minimum Gasteiger partial charge on any atom is -0.497 e. The van der Waals surface area contributed by atoms with Gasteiger partial charge in [-0.3, -0.25) is 0 Å². The zero-order valence-corrected chi connectivity index (χ0v) is 10.9. The van der Waals surface area contributed by atoms with E-state index >= 15 is 0 Å². The van der Waals surface area contributed by atoms with Crippen LogP contribution in [0.3, 0.4) is 0 Å². The van der Waals surface area contributed by atoms with E-state index in [2.05, 4.69) is 0 Å². The Kier molecular flexibility index (Phi) is 3.75. The molecule has 5 heteroatoms.